The second-order valence-corrected chi connectivity index (χ2v) is 7.38. The van der Waals surface area contributed by atoms with E-state index in [-0.39, 0.29) is 11.5 Å². The van der Waals surface area contributed by atoms with Gasteiger partial charge >= 0.3 is 0 Å². The minimum Gasteiger partial charge on any atom is -0.464 e. The fourth-order valence-corrected chi connectivity index (χ4v) is 3.68. The lowest BCUT2D eigenvalue weighted by Crippen LogP contribution is -2.33. The summed E-state index contributed by atoms with van der Waals surface area (Å²) in [4.78, 5) is 15.2. The molecule has 4 heteroatoms. The van der Waals surface area contributed by atoms with Crippen molar-refractivity contribution >= 4 is 11.0 Å². The lowest BCUT2D eigenvalue weighted by Gasteiger charge is -2.25. The van der Waals surface area contributed by atoms with Gasteiger partial charge in [0, 0.05) is 31.8 Å². The molecule has 1 aliphatic rings. The lowest BCUT2D eigenvalue weighted by atomic mass is 10.1. The van der Waals surface area contributed by atoms with E-state index in [0.29, 0.717) is 23.1 Å². The number of hydrogen-bond donors (Lipinski definition) is 0. The van der Waals surface area contributed by atoms with Gasteiger partial charge in [-0.2, -0.15) is 0 Å². The summed E-state index contributed by atoms with van der Waals surface area (Å²) < 4.78 is 11.5. The van der Waals surface area contributed by atoms with Crippen molar-refractivity contribution in [2.75, 3.05) is 13.2 Å². The Balaban J connectivity index is 1.58. The van der Waals surface area contributed by atoms with Crippen LogP contribution in [-0.2, 0) is 17.8 Å². The van der Waals surface area contributed by atoms with E-state index in [1.165, 1.54) is 11.1 Å². The number of nitrogens with zero attached hydrogens (tertiary/aromatic N) is 1. The molecule has 0 saturated carbocycles. The number of rotatable bonds is 6. The summed E-state index contributed by atoms with van der Waals surface area (Å²) in [6.07, 6.45) is 4.04. The molecule has 1 fully saturated rings. The van der Waals surface area contributed by atoms with Crippen LogP contribution in [0.3, 0.4) is 0 Å². The first-order valence-corrected chi connectivity index (χ1v) is 9.58. The van der Waals surface area contributed by atoms with Crippen molar-refractivity contribution < 1.29 is 9.15 Å². The molecule has 2 aromatic carbocycles. The molecular formula is C23H25NO3. The molecule has 0 bridgehead atoms. The summed E-state index contributed by atoms with van der Waals surface area (Å²) in [5, 5.41) is 0.641. The highest BCUT2D eigenvalue weighted by atomic mass is 16.5. The predicted octanol–water partition coefficient (Wildman–Crippen LogP) is 4.28. The fraction of sp³-hybridized carbons (Fsp3) is 0.348. The van der Waals surface area contributed by atoms with Crippen LogP contribution in [0.4, 0.5) is 0 Å². The van der Waals surface area contributed by atoms with Crippen LogP contribution in [0, 0.1) is 6.92 Å². The molecule has 3 aromatic rings. The third-order valence-corrected chi connectivity index (χ3v) is 5.16. The third kappa shape index (κ3) is 4.29. The van der Waals surface area contributed by atoms with Crippen LogP contribution >= 0.6 is 0 Å². The summed E-state index contributed by atoms with van der Waals surface area (Å²) >= 11 is 0. The SMILES string of the molecule is Cc1ccc(CN(Cc2coc3ccccc3c2=O)CC2CCCO2)cc1. The molecule has 0 N–H and O–H groups in total. The monoisotopic (exact) mass is 363 g/mol. The Kier molecular flexibility index (Phi) is 5.37. The zero-order chi connectivity index (χ0) is 18.6. The number of ether oxygens (including phenoxy) is 1. The van der Waals surface area contributed by atoms with Crippen molar-refractivity contribution in [2.45, 2.75) is 39.0 Å². The average Bonchev–Trinajstić information content (AvgIpc) is 3.19. The first-order chi connectivity index (χ1) is 13.2. The van der Waals surface area contributed by atoms with Crippen molar-refractivity contribution in [3.8, 4) is 0 Å². The van der Waals surface area contributed by atoms with Crippen LogP contribution in [0.15, 0.2) is 64.0 Å². The molecule has 0 radical (unpaired) electrons. The van der Waals surface area contributed by atoms with Gasteiger partial charge in [-0.3, -0.25) is 9.69 Å². The van der Waals surface area contributed by atoms with Gasteiger partial charge in [0.2, 0.25) is 0 Å². The van der Waals surface area contributed by atoms with Crippen molar-refractivity contribution in [2.24, 2.45) is 0 Å². The maximum Gasteiger partial charge on any atom is 0.197 e. The molecule has 27 heavy (non-hydrogen) atoms. The Morgan fingerprint density at radius 1 is 1.07 bits per heavy atom. The number of hydrogen-bond acceptors (Lipinski definition) is 4. The van der Waals surface area contributed by atoms with Crippen molar-refractivity contribution in [3.63, 3.8) is 0 Å². The highest BCUT2D eigenvalue weighted by molar-refractivity contribution is 5.76. The molecule has 4 rings (SSSR count). The summed E-state index contributed by atoms with van der Waals surface area (Å²) in [5.74, 6) is 0. The first kappa shape index (κ1) is 18.0. The van der Waals surface area contributed by atoms with Gasteiger partial charge < -0.3 is 9.15 Å². The number of para-hydroxylation sites is 1. The molecule has 4 nitrogen and oxygen atoms in total. The van der Waals surface area contributed by atoms with Gasteiger partial charge in [-0.1, -0.05) is 42.0 Å². The largest absolute Gasteiger partial charge is 0.464 e. The molecule has 140 valence electrons. The highest BCUT2D eigenvalue weighted by Gasteiger charge is 2.21. The van der Waals surface area contributed by atoms with Crippen LogP contribution in [0.1, 0.15) is 29.5 Å². The van der Waals surface area contributed by atoms with E-state index in [0.717, 1.165) is 32.5 Å². The maximum absolute atomic E-state index is 12.9. The molecular weight excluding hydrogens is 338 g/mol. The van der Waals surface area contributed by atoms with E-state index in [1.807, 2.05) is 24.3 Å². The van der Waals surface area contributed by atoms with Crippen LogP contribution < -0.4 is 5.43 Å². The summed E-state index contributed by atoms with van der Waals surface area (Å²) in [6, 6.07) is 16.0. The molecule has 0 spiro atoms. The topological polar surface area (TPSA) is 42.7 Å². The van der Waals surface area contributed by atoms with Crippen LogP contribution in [0.2, 0.25) is 0 Å². The minimum absolute atomic E-state index is 0.0538. The molecule has 1 aliphatic heterocycles. The van der Waals surface area contributed by atoms with E-state index in [2.05, 4.69) is 36.1 Å². The Bertz CT molecular complexity index is 955. The smallest absolute Gasteiger partial charge is 0.197 e. The van der Waals surface area contributed by atoms with E-state index in [4.69, 9.17) is 9.15 Å². The second-order valence-electron chi connectivity index (χ2n) is 7.38. The quantitative estimate of drug-likeness (QED) is 0.655. The Hall–Kier alpha value is -2.43. The first-order valence-electron chi connectivity index (χ1n) is 9.58. The second kappa shape index (κ2) is 8.07. The zero-order valence-electron chi connectivity index (χ0n) is 15.7. The minimum atomic E-state index is 0.0538. The molecule has 0 aliphatic carbocycles. The Labute approximate surface area is 159 Å². The lowest BCUT2D eigenvalue weighted by molar-refractivity contribution is 0.0676. The Morgan fingerprint density at radius 2 is 1.89 bits per heavy atom. The van der Waals surface area contributed by atoms with Crippen LogP contribution in [0.25, 0.3) is 11.0 Å². The van der Waals surface area contributed by atoms with E-state index >= 15 is 0 Å². The van der Waals surface area contributed by atoms with Crippen LogP contribution in [-0.4, -0.2) is 24.2 Å². The molecule has 0 amide bonds. The maximum atomic E-state index is 12.9. The van der Waals surface area contributed by atoms with E-state index in [1.54, 1.807) is 6.26 Å². The zero-order valence-corrected chi connectivity index (χ0v) is 15.7. The molecule has 1 atom stereocenters. The van der Waals surface area contributed by atoms with Crippen molar-refractivity contribution in [1.82, 2.24) is 4.90 Å². The van der Waals surface area contributed by atoms with Gasteiger partial charge in [0.15, 0.2) is 5.43 Å². The van der Waals surface area contributed by atoms with E-state index < -0.39 is 0 Å². The number of aryl methyl sites for hydroxylation is 1. The predicted molar refractivity (Wildman–Crippen MR) is 107 cm³/mol. The average molecular weight is 363 g/mol. The van der Waals surface area contributed by atoms with Gasteiger partial charge in [-0.15, -0.1) is 0 Å². The number of benzene rings is 2. The third-order valence-electron chi connectivity index (χ3n) is 5.16. The fourth-order valence-electron chi connectivity index (χ4n) is 3.68. The normalized spacial score (nSPS) is 17.0. The summed E-state index contributed by atoms with van der Waals surface area (Å²) in [7, 11) is 0. The van der Waals surface area contributed by atoms with Gasteiger partial charge in [0.1, 0.15) is 5.58 Å². The van der Waals surface area contributed by atoms with Crippen molar-refractivity contribution in [1.29, 1.82) is 0 Å². The molecule has 1 saturated heterocycles. The highest BCUT2D eigenvalue weighted by Crippen LogP contribution is 2.18. The van der Waals surface area contributed by atoms with Gasteiger partial charge in [0.05, 0.1) is 17.8 Å². The molecule has 1 aromatic heterocycles. The van der Waals surface area contributed by atoms with E-state index in [9.17, 15) is 4.79 Å². The summed E-state index contributed by atoms with van der Waals surface area (Å²) in [5.41, 5.74) is 3.87. The number of fused-ring (bicyclic) bond motifs is 1. The summed E-state index contributed by atoms with van der Waals surface area (Å²) in [6.45, 7) is 5.09. The van der Waals surface area contributed by atoms with Gasteiger partial charge in [-0.25, -0.2) is 0 Å². The van der Waals surface area contributed by atoms with Crippen LogP contribution in [0.5, 0.6) is 0 Å². The Morgan fingerprint density at radius 3 is 2.67 bits per heavy atom. The van der Waals surface area contributed by atoms with Gasteiger partial charge in [-0.05, 0) is 37.5 Å². The molecule has 2 heterocycles. The molecule has 1 unspecified atom stereocenters. The standard InChI is InChI=1S/C23H25NO3/c1-17-8-10-18(11-9-17)13-24(15-20-5-4-12-26-20)14-19-16-27-22-7-3-2-6-21(22)23(19)25/h2-3,6-11,16,20H,4-5,12-15H2,1H3. The van der Waals surface area contributed by atoms with Gasteiger partial charge in [0.25, 0.3) is 0 Å². The van der Waals surface area contributed by atoms with Crippen molar-refractivity contribution in [3.05, 3.63) is 81.7 Å².